The Hall–Kier alpha value is -2.21. The van der Waals surface area contributed by atoms with Crippen LogP contribution >= 0.6 is 11.3 Å². The van der Waals surface area contributed by atoms with Crippen LogP contribution in [0.25, 0.3) is 0 Å². The van der Waals surface area contributed by atoms with Crippen LogP contribution in [-0.2, 0) is 9.63 Å². The Morgan fingerprint density at radius 2 is 2.24 bits per heavy atom. The zero-order chi connectivity index (χ0) is 14.9. The summed E-state index contributed by atoms with van der Waals surface area (Å²) in [6.07, 6.45) is 0.450. The van der Waals surface area contributed by atoms with E-state index in [-0.39, 0.29) is 5.91 Å². The Morgan fingerprint density at radius 3 is 2.95 bits per heavy atom. The van der Waals surface area contributed by atoms with E-state index in [1.54, 1.807) is 24.3 Å². The van der Waals surface area contributed by atoms with Gasteiger partial charge in [0.1, 0.15) is 11.5 Å². The van der Waals surface area contributed by atoms with Crippen molar-refractivity contribution in [2.45, 2.75) is 25.9 Å². The van der Waals surface area contributed by atoms with Crippen molar-refractivity contribution in [3.8, 4) is 0 Å². The maximum atomic E-state index is 12.4. The van der Waals surface area contributed by atoms with Crippen molar-refractivity contribution in [2.24, 2.45) is 5.16 Å². The summed E-state index contributed by atoms with van der Waals surface area (Å²) in [7, 11) is 0. The number of aromatic nitrogens is 1. The Kier molecular flexibility index (Phi) is 3.47. The number of anilines is 1. The molecule has 0 aliphatic carbocycles. The smallest absolute Gasteiger partial charge is 0.272 e. The molecule has 0 aromatic carbocycles. The Morgan fingerprint density at radius 1 is 1.38 bits per heavy atom. The van der Waals surface area contributed by atoms with Gasteiger partial charge in [-0.05, 0) is 37.4 Å². The van der Waals surface area contributed by atoms with Crippen LogP contribution in [0.1, 0.15) is 23.9 Å². The van der Waals surface area contributed by atoms with Gasteiger partial charge in [-0.3, -0.25) is 4.79 Å². The van der Waals surface area contributed by atoms with Gasteiger partial charge in [-0.2, -0.15) is 0 Å². The highest BCUT2D eigenvalue weighted by atomic mass is 32.1. The molecule has 0 saturated heterocycles. The number of nitrogens with zero attached hydrogens (tertiary/aromatic N) is 2. The number of hydrogen-bond donors (Lipinski definition) is 1. The van der Waals surface area contributed by atoms with Crippen molar-refractivity contribution in [3.63, 3.8) is 0 Å². The lowest BCUT2D eigenvalue weighted by Crippen LogP contribution is -2.40. The summed E-state index contributed by atoms with van der Waals surface area (Å²) < 4.78 is 0. The fraction of sp³-hybridized carbons (Fsp3) is 0.267. The molecule has 1 amide bonds. The number of thiophene rings is 1. The SMILES string of the molecule is Cc1cccc(NC(=O)[C@]2(C)CC(c3cccs3)=NO2)n1. The van der Waals surface area contributed by atoms with Crippen molar-refractivity contribution >= 4 is 28.8 Å². The highest BCUT2D eigenvalue weighted by Crippen LogP contribution is 2.29. The van der Waals surface area contributed by atoms with Crippen molar-refractivity contribution in [3.05, 3.63) is 46.3 Å². The van der Waals surface area contributed by atoms with E-state index in [1.807, 2.05) is 36.6 Å². The summed E-state index contributed by atoms with van der Waals surface area (Å²) in [5.74, 6) is 0.283. The quantitative estimate of drug-likeness (QED) is 0.948. The van der Waals surface area contributed by atoms with E-state index in [0.29, 0.717) is 12.2 Å². The molecule has 108 valence electrons. The van der Waals surface area contributed by atoms with Crippen molar-refractivity contribution in [2.75, 3.05) is 5.32 Å². The molecule has 3 heterocycles. The molecular weight excluding hydrogens is 286 g/mol. The molecule has 0 saturated carbocycles. The van der Waals surface area contributed by atoms with Crippen LogP contribution in [0.4, 0.5) is 5.82 Å². The van der Waals surface area contributed by atoms with Crippen molar-refractivity contribution < 1.29 is 9.63 Å². The van der Waals surface area contributed by atoms with Gasteiger partial charge in [0.05, 0.1) is 4.88 Å². The first kappa shape index (κ1) is 13.8. The van der Waals surface area contributed by atoms with Gasteiger partial charge < -0.3 is 10.2 Å². The minimum atomic E-state index is -0.995. The molecule has 21 heavy (non-hydrogen) atoms. The van der Waals surface area contributed by atoms with Gasteiger partial charge in [-0.15, -0.1) is 11.3 Å². The number of rotatable bonds is 3. The number of nitrogens with one attached hydrogen (secondary N) is 1. The summed E-state index contributed by atoms with van der Waals surface area (Å²) in [4.78, 5) is 23.1. The largest absolute Gasteiger partial charge is 0.379 e. The highest BCUT2D eigenvalue weighted by Gasteiger charge is 2.42. The first-order valence-corrected chi connectivity index (χ1v) is 7.49. The average Bonchev–Trinajstić information content (AvgIpc) is 3.08. The number of carbonyl (C=O) groups excluding carboxylic acids is 1. The maximum absolute atomic E-state index is 12.4. The van der Waals surface area contributed by atoms with E-state index in [1.165, 1.54) is 0 Å². The maximum Gasteiger partial charge on any atom is 0.272 e. The Labute approximate surface area is 126 Å². The minimum absolute atomic E-state index is 0.240. The second kappa shape index (κ2) is 5.29. The predicted octanol–water partition coefficient (Wildman–Crippen LogP) is 2.97. The van der Waals surface area contributed by atoms with Crippen LogP contribution in [0, 0.1) is 6.92 Å². The third-order valence-electron chi connectivity index (χ3n) is 3.28. The van der Waals surface area contributed by atoms with Gasteiger partial charge in [0, 0.05) is 12.1 Å². The zero-order valence-electron chi connectivity index (χ0n) is 11.8. The van der Waals surface area contributed by atoms with Crippen molar-refractivity contribution in [1.29, 1.82) is 0 Å². The summed E-state index contributed by atoms with van der Waals surface area (Å²) >= 11 is 1.58. The van der Waals surface area contributed by atoms with Gasteiger partial charge in [-0.25, -0.2) is 4.98 Å². The van der Waals surface area contributed by atoms with E-state index in [2.05, 4.69) is 15.5 Å². The molecule has 0 fully saturated rings. The van der Waals surface area contributed by atoms with Crippen LogP contribution in [-0.4, -0.2) is 22.2 Å². The van der Waals surface area contributed by atoms with Gasteiger partial charge in [0.15, 0.2) is 0 Å². The molecule has 0 spiro atoms. The van der Waals surface area contributed by atoms with E-state index in [0.717, 1.165) is 16.3 Å². The lowest BCUT2D eigenvalue weighted by atomic mass is 9.98. The van der Waals surface area contributed by atoms with E-state index in [9.17, 15) is 4.79 Å². The first-order valence-electron chi connectivity index (χ1n) is 6.61. The number of oxime groups is 1. The van der Waals surface area contributed by atoms with Crippen LogP contribution in [0.15, 0.2) is 40.9 Å². The fourth-order valence-corrected chi connectivity index (χ4v) is 2.80. The topological polar surface area (TPSA) is 63.6 Å². The third kappa shape index (κ3) is 2.80. The van der Waals surface area contributed by atoms with Gasteiger partial charge in [0.25, 0.3) is 5.91 Å². The number of amides is 1. The van der Waals surface area contributed by atoms with E-state index < -0.39 is 5.60 Å². The molecule has 0 bridgehead atoms. The van der Waals surface area contributed by atoms with E-state index in [4.69, 9.17) is 4.84 Å². The molecule has 2 aromatic heterocycles. The molecule has 0 unspecified atom stereocenters. The molecule has 6 heteroatoms. The van der Waals surface area contributed by atoms with Gasteiger partial charge in [0.2, 0.25) is 5.60 Å². The summed E-state index contributed by atoms with van der Waals surface area (Å²) in [5.41, 5.74) is 0.658. The summed E-state index contributed by atoms with van der Waals surface area (Å²) in [6, 6.07) is 9.41. The Bertz CT molecular complexity index is 697. The van der Waals surface area contributed by atoms with Gasteiger partial charge >= 0.3 is 0 Å². The van der Waals surface area contributed by atoms with Crippen LogP contribution in [0.5, 0.6) is 0 Å². The third-order valence-corrected chi connectivity index (χ3v) is 4.20. The highest BCUT2D eigenvalue weighted by molar-refractivity contribution is 7.12. The second-order valence-corrected chi connectivity index (χ2v) is 6.08. The first-order chi connectivity index (χ1) is 10.1. The fourth-order valence-electron chi connectivity index (χ4n) is 2.10. The average molecular weight is 301 g/mol. The molecule has 3 rings (SSSR count). The van der Waals surface area contributed by atoms with Crippen LogP contribution in [0.2, 0.25) is 0 Å². The second-order valence-electron chi connectivity index (χ2n) is 5.13. The number of pyridine rings is 1. The van der Waals surface area contributed by atoms with Gasteiger partial charge in [-0.1, -0.05) is 17.3 Å². The molecule has 5 nitrogen and oxygen atoms in total. The lowest BCUT2D eigenvalue weighted by molar-refractivity contribution is -0.135. The van der Waals surface area contributed by atoms with Crippen molar-refractivity contribution in [1.82, 2.24) is 4.98 Å². The monoisotopic (exact) mass is 301 g/mol. The Balaban J connectivity index is 1.71. The molecule has 1 atom stereocenters. The molecular formula is C15H15N3O2S. The summed E-state index contributed by atoms with van der Waals surface area (Å²) in [5, 5.41) is 8.82. The standard InChI is InChI=1S/C15H15N3O2S/c1-10-5-3-7-13(16-10)17-14(19)15(2)9-11(18-20-15)12-6-4-8-21-12/h3-8H,9H2,1-2H3,(H,16,17,19)/t15-/m0/s1. The molecule has 1 aliphatic heterocycles. The molecule has 1 aliphatic rings. The number of aryl methyl sites for hydroxylation is 1. The number of hydrogen-bond acceptors (Lipinski definition) is 5. The number of carbonyl (C=O) groups is 1. The molecule has 0 radical (unpaired) electrons. The molecule has 2 aromatic rings. The summed E-state index contributed by atoms with van der Waals surface area (Å²) in [6.45, 7) is 3.61. The van der Waals surface area contributed by atoms with Crippen LogP contribution in [0.3, 0.4) is 0 Å². The normalized spacial score (nSPS) is 20.8. The molecule has 1 N–H and O–H groups in total. The predicted molar refractivity (Wildman–Crippen MR) is 82.6 cm³/mol. The minimum Gasteiger partial charge on any atom is -0.379 e. The zero-order valence-corrected chi connectivity index (χ0v) is 12.6. The lowest BCUT2D eigenvalue weighted by Gasteiger charge is -2.20. The van der Waals surface area contributed by atoms with E-state index >= 15 is 0 Å². The van der Waals surface area contributed by atoms with Crippen LogP contribution < -0.4 is 5.32 Å².